The molecule has 1 atom stereocenters. The molecule has 4 heteroatoms. The number of aldehydes is 1. The van der Waals surface area contributed by atoms with Crippen LogP contribution in [0.1, 0.15) is 26.7 Å². The Labute approximate surface area is 70.6 Å². The van der Waals surface area contributed by atoms with Crippen molar-refractivity contribution in [2.75, 3.05) is 0 Å². The molecule has 0 saturated heterocycles. The molecule has 0 aromatic carbocycles. The molecule has 0 spiro atoms. The predicted octanol–water partition coefficient (Wildman–Crippen LogP) is 0.645. The lowest BCUT2D eigenvalue weighted by Crippen LogP contribution is -2.39. The Kier molecular flexibility index (Phi) is 3.60. The third kappa shape index (κ3) is 1.69. The fraction of sp³-hybridized carbons (Fsp3) is 0.625. The highest BCUT2D eigenvalue weighted by Crippen LogP contribution is 2.22. The van der Waals surface area contributed by atoms with Gasteiger partial charge in [-0.3, -0.25) is 9.59 Å². The number of hydrogen-bond acceptors (Lipinski definition) is 3. The van der Waals surface area contributed by atoms with E-state index in [1.54, 1.807) is 6.92 Å². The lowest BCUT2D eigenvalue weighted by atomic mass is 9.81. The Bertz CT molecular complexity index is 193. The van der Waals surface area contributed by atoms with Gasteiger partial charge in [0, 0.05) is 0 Å². The zero-order valence-corrected chi connectivity index (χ0v) is 7.16. The summed E-state index contributed by atoms with van der Waals surface area (Å²) in [4.78, 5) is 32.0. The van der Waals surface area contributed by atoms with Crippen LogP contribution in [0.5, 0.6) is 0 Å². The molecule has 0 aliphatic rings. The fourth-order valence-electron chi connectivity index (χ4n) is 1.02. The van der Waals surface area contributed by atoms with Crippen molar-refractivity contribution in [1.82, 2.24) is 0 Å². The quantitative estimate of drug-likeness (QED) is 0.488. The van der Waals surface area contributed by atoms with Gasteiger partial charge in [0.05, 0.1) is 0 Å². The maximum absolute atomic E-state index is 10.9. The third-order valence-corrected chi connectivity index (χ3v) is 1.86. The maximum atomic E-state index is 10.9. The minimum Gasteiger partial charge on any atom is -0.480 e. The van der Waals surface area contributed by atoms with Crippen LogP contribution >= 0.6 is 0 Å². The molecule has 0 aromatic heterocycles. The molecular weight excluding hydrogens is 160 g/mol. The molecule has 0 fully saturated rings. The monoisotopic (exact) mass is 172 g/mol. The average molecular weight is 172 g/mol. The third-order valence-electron chi connectivity index (χ3n) is 1.86. The molecule has 1 N–H and O–H groups in total. The molecule has 0 aromatic rings. The maximum Gasteiger partial charge on any atom is 0.324 e. The minimum atomic E-state index is -1.81. The van der Waals surface area contributed by atoms with Gasteiger partial charge in [0.25, 0.3) is 0 Å². The molecule has 0 aliphatic heterocycles. The number of aliphatic carboxylic acids is 1. The van der Waals surface area contributed by atoms with Crippen molar-refractivity contribution in [3.05, 3.63) is 0 Å². The zero-order valence-electron chi connectivity index (χ0n) is 7.16. The SMILES string of the molecule is CCCC(C=O)(C(C)=O)C(=O)O. The van der Waals surface area contributed by atoms with E-state index in [1.165, 1.54) is 0 Å². The molecule has 0 heterocycles. The number of hydrogen-bond donors (Lipinski definition) is 1. The summed E-state index contributed by atoms with van der Waals surface area (Å²) in [5.74, 6) is -1.96. The molecule has 12 heavy (non-hydrogen) atoms. The number of ketones is 1. The Hall–Kier alpha value is -1.19. The van der Waals surface area contributed by atoms with Gasteiger partial charge in [0.1, 0.15) is 6.29 Å². The summed E-state index contributed by atoms with van der Waals surface area (Å²) < 4.78 is 0. The van der Waals surface area contributed by atoms with Crippen molar-refractivity contribution in [3.8, 4) is 0 Å². The summed E-state index contributed by atoms with van der Waals surface area (Å²) in [7, 11) is 0. The average Bonchev–Trinajstić information content (AvgIpc) is 1.98. The molecule has 0 amide bonds. The highest BCUT2D eigenvalue weighted by molar-refractivity contribution is 6.14. The second-order valence-corrected chi connectivity index (χ2v) is 2.70. The molecule has 1 unspecified atom stereocenters. The molecule has 4 nitrogen and oxygen atoms in total. The fourth-order valence-corrected chi connectivity index (χ4v) is 1.02. The van der Waals surface area contributed by atoms with Crippen LogP contribution in [-0.4, -0.2) is 23.1 Å². The van der Waals surface area contributed by atoms with Crippen LogP contribution in [0.15, 0.2) is 0 Å². The van der Waals surface area contributed by atoms with Crippen molar-refractivity contribution >= 4 is 18.0 Å². The van der Waals surface area contributed by atoms with Gasteiger partial charge in [-0.2, -0.15) is 0 Å². The van der Waals surface area contributed by atoms with Crippen molar-refractivity contribution in [1.29, 1.82) is 0 Å². The van der Waals surface area contributed by atoms with E-state index >= 15 is 0 Å². The van der Waals surface area contributed by atoms with Crippen LogP contribution in [0.3, 0.4) is 0 Å². The van der Waals surface area contributed by atoms with E-state index in [9.17, 15) is 14.4 Å². The van der Waals surface area contributed by atoms with E-state index < -0.39 is 17.2 Å². The van der Waals surface area contributed by atoms with Crippen LogP contribution in [0.25, 0.3) is 0 Å². The van der Waals surface area contributed by atoms with Gasteiger partial charge in [-0.25, -0.2) is 0 Å². The van der Waals surface area contributed by atoms with E-state index in [1.807, 2.05) is 0 Å². The highest BCUT2D eigenvalue weighted by Gasteiger charge is 2.42. The van der Waals surface area contributed by atoms with Crippen LogP contribution in [0, 0.1) is 5.41 Å². The van der Waals surface area contributed by atoms with E-state index in [0.717, 1.165) is 6.92 Å². The van der Waals surface area contributed by atoms with Gasteiger partial charge in [-0.1, -0.05) is 13.3 Å². The van der Waals surface area contributed by atoms with Crippen LogP contribution in [0.4, 0.5) is 0 Å². The standard InChI is InChI=1S/C8H12O4/c1-3-4-8(5-9,6(2)10)7(11)12/h5H,3-4H2,1-2H3,(H,11,12). The van der Waals surface area contributed by atoms with Gasteiger partial charge in [0.2, 0.25) is 0 Å². The summed E-state index contributed by atoms with van der Waals surface area (Å²) in [5, 5.41) is 8.67. The first-order valence-electron chi connectivity index (χ1n) is 3.72. The first kappa shape index (κ1) is 10.8. The topological polar surface area (TPSA) is 71.4 Å². The first-order chi connectivity index (χ1) is 5.51. The number of carboxylic acid groups (broad SMARTS) is 1. The molecule has 0 rings (SSSR count). The summed E-state index contributed by atoms with van der Waals surface area (Å²) in [6, 6.07) is 0. The van der Waals surface area contributed by atoms with E-state index in [4.69, 9.17) is 5.11 Å². The molecule has 0 radical (unpaired) electrons. The van der Waals surface area contributed by atoms with E-state index in [0.29, 0.717) is 6.42 Å². The van der Waals surface area contributed by atoms with Crippen LogP contribution in [0.2, 0.25) is 0 Å². The Morgan fingerprint density at radius 1 is 1.50 bits per heavy atom. The summed E-state index contributed by atoms with van der Waals surface area (Å²) in [6.45, 7) is 2.85. The minimum absolute atomic E-state index is 0.0706. The zero-order chi connectivity index (χ0) is 9.78. The molecule has 68 valence electrons. The summed E-state index contributed by atoms with van der Waals surface area (Å²) in [6.07, 6.45) is 0.785. The molecule has 0 saturated carbocycles. The smallest absolute Gasteiger partial charge is 0.324 e. The Morgan fingerprint density at radius 3 is 2.08 bits per heavy atom. The van der Waals surface area contributed by atoms with Crippen LogP contribution < -0.4 is 0 Å². The summed E-state index contributed by atoms with van der Waals surface area (Å²) in [5.41, 5.74) is -1.81. The number of carbonyl (C=O) groups excluding carboxylic acids is 2. The van der Waals surface area contributed by atoms with Gasteiger partial charge in [-0.15, -0.1) is 0 Å². The molecular formula is C8H12O4. The van der Waals surface area contributed by atoms with E-state index in [-0.39, 0.29) is 12.7 Å². The lowest BCUT2D eigenvalue weighted by molar-refractivity contribution is -0.156. The van der Waals surface area contributed by atoms with Gasteiger partial charge >= 0.3 is 5.97 Å². The second kappa shape index (κ2) is 3.99. The van der Waals surface area contributed by atoms with Crippen molar-refractivity contribution in [3.63, 3.8) is 0 Å². The first-order valence-corrected chi connectivity index (χ1v) is 3.72. The van der Waals surface area contributed by atoms with Crippen molar-refractivity contribution in [2.24, 2.45) is 5.41 Å². The molecule has 0 bridgehead atoms. The highest BCUT2D eigenvalue weighted by atomic mass is 16.4. The number of carbonyl (C=O) groups is 3. The normalized spacial score (nSPS) is 14.8. The number of carboxylic acids is 1. The van der Waals surface area contributed by atoms with Crippen molar-refractivity contribution in [2.45, 2.75) is 26.7 Å². The molecule has 0 aliphatic carbocycles. The number of Topliss-reactive ketones (excluding diaryl/α,β-unsaturated/α-hetero) is 1. The largest absolute Gasteiger partial charge is 0.480 e. The predicted molar refractivity (Wildman–Crippen MR) is 41.7 cm³/mol. The van der Waals surface area contributed by atoms with Gasteiger partial charge < -0.3 is 9.90 Å². The Balaban J connectivity index is 4.89. The van der Waals surface area contributed by atoms with Gasteiger partial charge in [-0.05, 0) is 13.3 Å². The number of rotatable bonds is 5. The van der Waals surface area contributed by atoms with Gasteiger partial charge in [0.15, 0.2) is 11.2 Å². The summed E-state index contributed by atoms with van der Waals surface area (Å²) >= 11 is 0. The lowest BCUT2D eigenvalue weighted by Gasteiger charge is -2.18. The van der Waals surface area contributed by atoms with Crippen molar-refractivity contribution < 1.29 is 19.5 Å². The van der Waals surface area contributed by atoms with E-state index in [2.05, 4.69) is 0 Å². The second-order valence-electron chi connectivity index (χ2n) is 2.70. The van der Waals surface area contributed by atoms with Crippen LogP contribution in [-0.2, 0) is 14.4 Å². The Morgan fingerprint density at radius 2 is 2.00 bits per heavy atom.